The van der Waals surface area contributed by atoms with Gasteiger partial charge in [-0.05, 0) is 35.9 Å². The van der Waals surface area contributed by atoms with Crippen LogP contribution in [-0.2, 0) is 6.54 Å². The van der Waals surface area contributed by atoms with E-state index in [2.05, 4.69) is 5.32 Å². The number of anilines is 1. The highest BCUT2D eigenvalue weighted by molar-refractivity contribution is 6.34. The molecule has 1 N–H and O–H groups in total. The van der Waals surface area contributed by atoms with Gasteiger partial charge in [0.2, 0.25) is 0 Å². The molecule has 0 aliphatic carbocycles. The molecule has 0 bridgehead atoms. The molecule has 0 amide bonds. The lowest BCUT2D eigenvalue weighted by molar-refractivity contribution is 0.415. The van der Waals surface area contributed by atoms with E-state index in [4.69, 9.17) is 27.9 Å². The van der Waals surface area contributed by atoms with Crippen LogP contribution in [0.3, 0.4) is 0 Å². The summed E-state index contributed by atoms with van der Waals surface area (Å²) < 4.78 is 5.16. The Kier molecular flexibility index (Phi) is 4.34. The predicted molar refractivity (Wildman–Crippen MR) is 76.8 cm³/mol. The Morgan fingerprint density at radius 1 is 1.06 bits per heavy atom. The van der Waals surface area contributed by atoms with Gasteiger partial charge in [-0.1, -0.05) is 29.3 Å². The third-order valence-corrected chi connectivity index (χ3v) is 2.93. The summed E-state index contributed by atoms with van der Waals surface area (Å²) in [5, 5.41) is 4.58. The maximum absolute atomic E-state index is 5.95. The number of ether oxygens (including phenoxy) is 1. The number of hydrogen-bond acceptors (Lipinski definition) is 2. The third-order valence-electron chi connectivity index (χ3n) is 2.49. The Balaban J connectivity index is 2.06. The molecule has 0 aliphatic heterocycles. The molecule has 0 heterocycles. The van der Waals surface area contributed by atoms with Gasteiger partial charge in [-0.2, -0.15) is 0 Å². The monoisotopic (exact) mass is 281 g/mol. The SMILES string of the molecule is COc1cccc(NCc2cc(Cl)cc(Cl)c2)c1. The topological polar surface area (TPSA) is 21.3 Å². The number of benzene rings is 2. The highest BCUT2D eigenvalue weighted by Gasteiger charge is 1.99. The van der Waals surface area contributed by atoms with Crippen molar-refractivity contribution in [1.82, 2.24) is 0 Å². The van der Waals surface area contributed by atoms with Crippen LogP contribution in [0, 0.1) is 0 Å². The minimum Gasteiger partial charge on any atom is -0.497 e. The zero-order valence-corrected chi connectivity index (χ0v) is 11.4. The van der Waals surface area contributed by atoms with Crippen molar-refractivity contribution in [3.63, 3.8) is 0 Å². The van der Waals surface area contributed by atoms with Crippen LogP contribution in [0.4, 0.5) is 5.69 Å². The molecule has 4 heteroatoms. The molecule has 0 saturated heterocycles. The van der Waals surface area contributed by atoms with Crippen molar-refractivity contribution in [1.29, 1.82) is 0 Å². The van der Waals surface area contributed by atoms with E-state index in [1.807, 2.05) is 36.4 Å². The quantitative estimate of drug-likeness (QED) is 0.883. The minimum atomic E-state index is 0.643. The van der Waals surface area contributed by atoms with Gasteiger partial charge in [0, 0.05) is 28.3 Å². The smallest absolute Gasteiger partial charge is 0.120 e. The number of halogens is 2. The zero-order chi connectivity index (χ0) is 13.0. The molecular formula is C14H13Cl2NO. The summed E-state index contributed by atoms with van der Waals surface area (Å²) in [6.45, 7) is 0.660. The van der Waals surface area contributed by atoms with Crippen LogP contribution < -0.4 is 10.1 Å². The van der Waals surface area contributed by atoms with Crippen molar-refractivity contribution in [2.45, 2.75) is 6.54 Å². The normalized spacial score (nSPS) is 10.2. The molecule has 0 saturated carbocycles. The molecule has 0 aromatic heterocycles. The Labute approximate surface area is 116 Å². The molecule has 94 valence electrons. The van der Waals surface area contributed by atoms with E-state index in [1.165, 1.54) is 0 Å². The molecule has 0 spiro atoms. The summed E-state index contributed by atoms with van der Waals surface area (Å²) in [7, 11) is 1.65. The van der Waals surface area contributed by atoms with E-state index < -0.39 is 0 Å². The fourth-order valence-electron chi connectivity index (χ4n) is 1.65. The van der Waals surface area contributed by atoms with Gasteiger partial charge in [0.25, 0.3) is 0 Å². The van der Waals surface area contributed by atoms with Crippen LogP contribution >= 0.6 is 23.2 Å². The third kappa shape index (κ3) is 3.56. The second-order valence-corrected chi connectivity index (χ2v) is 4.74. The van der Waals surface area contributed by atoms with Gasteiger partial charge >= 0.3 is 0 Å². The van der Waals surface area contributed by atoms with Gasteiger partial charge in [0.05, 0.1) is 7.11 Å². The standard InChI is InChI=1S/C14H13Cl2NO/c1-18-14-4-2-3-13(8-14)17-9-10-5-11(15)7-12(16)6-10/h2-8,17H,9H2,1H3. The van der Waals surface area contributed by atoms with Gasteiger partial charge in [-0.3, -0.25) is 0 Å². The second-order valence-electron chi connectivity index (χ2n) is 3.86. The maximum atomic E-state index is 5.95. The van der Waals surface area contributed by atoms with Crippen LogP contribution in [0.15, 0.2) is 42.5 Å². The van der Waals surface area contributed by atoms with E-state index in [0.717, 1.165) is 17.0 Å². The van der Waals surface area contributed by atoms with Gasteiger partial charge < -0.3 is 10.1 Å². The molecule has 0 fully saturated rings. The molecule has 0 radical (unpaired) electrons. The average Bonchev–Trinajstić information content (AvgIpc) is 2.35. The molecule has 0 unspecified atom stereocenters. The summed E-state index contributed by atoms with van der Waals surface area (Å²) in [5.41, 5.74) is 2.03. The lowest BCUT2D eigenvalue weighted by Gasteiger charge is -2.08. The summed E-state index contributed by atoms with van der Waals surface area (Å²) in [4.78, 5) is 0. The highest BCUT2D eigenvalue weighted by atomic mass is 35.5. The fourth-order valence-corrected chi connectivity index (χ4v) is 2.22. The van der Waals surface area contributed by atoms with Gasteiger partial charge in [-0.15, -0.1) is 0 Å². The first-order chi connectivity index (χ1) is 8.67. The lowest BCUT2D eigenvalue weighted by Crippen LogP contribution is -1.99. The largest absolute Gasteiger partial charge is 0.497 e. The van der Waals surface area contributed by atoms with Crippen LogP contribution in [-0.4, -0.2) is 7.11 Å². The van der Waals surface area contributed by atoms with Crippen molar-refractivity contribution in [2.75, 3.05) is 12.4 Å². The second kappa shape index (κ2) is 5.98. The van der Waals surface area contributed by atoms with Gasteiger partial charge in [0.1, 0.15) is 5.75 Å². The first-order valence-electron chi connectivity index (χ1n) is 5.50. The summed E-state index contributed by atoms with van der Waals surface area (Å²) in [6.07, 6.45) is 0. The number of nitrogens with one attached hydrogen (secondary N) is 1. The molecule has 2 aromatic rings. The van der Waals surface area contributed by atoms with E-state index in [1.54, 1.807) is 13.2 Å². The molecule has 18 heavy (non-hydrogen) atoms. The van der Waals surface area contributed by atoms with Gasteiger partial charge in [0.15, 0.2) is 0 Å². The number of methoxy groups -OCH3 is 1. The number of hydrogen-bond donors (Lipinski definition) is 1. The Bertz CT molecular complexity index is 523. The van der Waals surface area contributed by atoms with Crippen LogP contribution in [0.1, 0.15) is 5.56 Å². The Morgan fingerprint density at radius 2 is 1.78 bits per heavy atom. The molecule has 2 aromatic carbocycles. The van der Waals surface area contributed by atoms with E-state index in [9.17, 15) is 0 Å². The van der Waals surface area contributed by atoms with Crippen LogP contribution in [0.5, 0.6) is 5.75 Å². The van der Waals surface area contributed by atoms with Crippen molar-refractivity contribution >= 4 is 28.9 Å². The predicted octanol–water partition coefficient (Wildman–Crippen LogP) is 4.61. The lowest BCUT2D eigenvalue weighted by atomic mass is 10.2. The zero-order valence-electron chi connectivity index (χ0n) is 9.91. The molecule has 2 rings (SSSR count). The molecule has 0 aliphatic rings. The Hall–Kier alpha value is -1.38. The molecule has 0 atom stereocenters. The molecule has 2 nitrogen and oxygen atoms in total. The van der Waals surface area contributed by atoms with Crippen LogP contribution in [0.2, 0.25) is 10.0 Å². The first-order valence-corrected chi connectivity index (χ1v) is 6.26. The van der Waals surface area contributed by atoms with E-state index >= 15 is 0 Å². The van der Waals surface area contributed by atoms with Crippen molar-refractivity contribution < 1.29 is 4.74 Å². The summed E-state index contributed by atoms with van der Waals surface area (Å²) in [6, 6.07) is 13.3. The summed E-state index contributed by atoms with van der Waals surface area (Å²) >= 11 is 11.9. The van der Waals surface area contributed by atoms with Crippen molar-refractivity contribution in [2.24, 2.45) is 0 Å². The average molecular weight is 282 g/mol. The minimum absolute atomic E-state index is 0.643. The van der Waals surface area contributed by atoms with E-state index in [-0.39, 0.29) is 0 Å². The number of rotatable bonds is 4. The van der Waals surface area contributed by atoms with Gasteiger partial charge in [-0.25, -0.2) is 0 Å². The van der Waals surface area contributed by atoms with Crippen molar-refractivity contribution in [3.8, 4) is 5.75 Å². The highest BCUT2D eigenvalue weighted by Crippen LogP contribution is 2.21. The van der Waals surface area contributed by atoms with E-state index in [0.29, 0.717) is 16.6 Å². The van der Waals surface area contributed by atoms with Crippen molar-refractivity contribution in [3.05, 3.63) is 58.1 Å². The molecular weight excluding hydrogens is 269 g/mol. The fraction of sp³-hybridized carbons (Fsp3) is 0.143. The first kappa shape index (κ1) is 13.1. The van der Waals surface area contributed by atoms with Crippen LogP contribution in [0.25, 0.3) is 0 Å². The Morgan fingerprint density at radius 3 is 2.44 bits per heavy atom. The summed E-state index contributed by atoms with van der Waals surface area (Å²) in [5.74, 6) is 0.823. The maximum Gasteiger partial charge on any atom is 0.120 e.